The number of allylic oxidation sites excluding steroid dienone is 2. The van der Waals surface area contributed by atoms with Gasteiger partial charge in [-0.05, 0) is 43.4 Å². The number of amides is 1. The van der Waals surface area contributed by atoms with Gasteiger partial charge in [0.25, 0.3) is 5.91 Å². The number of aryl methyl sites for hydroxylation is 1. The van der Waals surface area contributed by atoms with Crippen molar-refractivity contribution in [3.8, 4) is 0 Å². The van der Waals surface area contributed by atoms with Crippen LogP contribution in [0.25, 0.3) is 16.5 Å². The van der Waals surface area contributed by atoms with Gasteiger partial charge in [0.1, 0.15) is 0 Å². The van der Waals surface area contributed by atoms with Crippen LogP contribution in [0.1, 0.15) is 46.4 Å². The van der Waals surface area contributed by atoms with Gasteiger partial charge < -0.3 is 5.32 Å². The van der Waals surface area contributed by atoms with E-state index in [-0.39, 0.29) is 18.7 Å². The molecule has 0 aliphatic heterocycles. The van der Waals surface area contributed by atoms with Gasteiger partial charge in [-0.2, -0.15) is 18.3 Å². The Balaban J connectivity index is 1.54. The lowest BCUT2D eigenvalue weighted by molar-refractivity contribution is -0.175. The lowest BCUT2D eigenvalue weighted by Crippen LogP contribution is -2.24. The van der Waals surface area contributed by atoms with Gasteiger partial charge in [0.15, 0.2) is 0 Å². The number of alkyl halides is 3. The largest absolute Gasteiger partial charge is 0.392 e. The lowest BCUT2D eigenvalue weighted by atomic mass is 9.85. The van der Waals surface area contributed by atoms with Crippen LogP contribution in [0.15, 0.2) is 42.7 Å². The quantitative estimate of drug-likeness (QED) is 0.635. The van der Waals surface area contributed by atoms with Crippen molar-refractivity contribution in [2.45, 2.75) is 38.9 Å². The van der Waals surface area contributed by atoms with Crippen LogP contribution in [0.2, 0.25) is 0 Å². The molecule has 4 rings (SSSR count). The molecule has 0 saturated heterocycles. The number of carbonyl (C=O) groups excluding carboxylic acids is 1. The topological polar surface area (TPSA) is 70.7 Å². The Labute approximate surface area is 171 Å². The maximum absolute atomic E-state index is 12.9. The van der Waals surface area contributed by atoms with Crippen molar-refractivity contribution in [2.24, 2.45) is 5.92 Å². The first-order valence-electron chi connectivity index (χ1n) is 9.75. The Hall–Kier alpha value is -3.16. The fourth-order valence-electron chi connectivity index (χ4n) is 3.74. The number of rotatable bonds is 4. The van der Waals surface area contributed by atoms with E-state index in [0.29, 0.717) is 24.0 Å². The van der Waals surface area contributed by atoms with Crippen molar-refractivity contribution < 1.29 is 18.0 Å². The number of halogens is 3. The number of pyridine rings is 1. The maximum atomic E-state index is 12.9. The molecule has 8 heteroatoms. The fraction of sp³-hybridized carbons (Fsp3) is 0.318. The molecule has 0 saturated carbocycles. The smallest absolute Gasteiger partial charge is 0.346 e. The number of carbonyl (C=O) groups is 1. The number of nitrogens with one attached hydrogen (secondary N) is 2. The first kappa shape index (κ1) is 20.1. The number of aromatic amines is 1. The van der Waals surface area contributed by atoms with E-state index >= 15 is 0 Å². The molecule has 1 atom stereocenters. The van der Waals surface area contributed by atoms with E-state index in [1.165, 1.54) is 6.20 Å². The van der Waals surface area contributed by atoms with Crippen LogP contribution in [-0.2, 0) is 6.54 Å². The SMILES string of the molecule is Cc1cn[nH]c1CNC(=O)c1cnc2c(C3=CCC(C(F)(F)F)CC3)cccc2c1. The van der Waals surface area contributed by atoms with Gasteiger partial charge in [-0.3, -0.25) is 14.9 Å². The molecule has 2 aromatic heterocycles. The number of hydrogen-bond acceptors (Lipinski definition) is 3. The standard InChI is InChI=1S/C22H21F3N4O/c1-13-10-28-29-19(13)12-27-21(30)16-9-15-3-2-4-18(20(15)26-11-16)14-5-7-17(8-6-14)22(23,24)25/h2-5,9-11,17H,6-8,12H2,1H3,(H,27,30)(H,28,29). The molecule has 1 unspecified atom stereocenters. The van der Waals surface area contributed by atoms with Crippen LogP contribution in [0.5, 0.6) is 0 Å². The predicted octanol–water partition coefficient (Wildman–Crippen LogP) is 4.94. The summed E-state index contributed by atoms with van der Waals surface area (Å²) in [5.41, 5.74) is 4.61. The average molecular weight is 414 g/mol. The number of benzene rings is 1. The highest BCUT2D eigenvalue weighted by molar-refractivity contribution is 5.99. The summed E-state index contributed by atoms with van der Waals surface area (Å²) in [4.78, 5) is 17.0. The van der Waals surface area contributed by atoms with Crippen molar-refractivity contribution in [1.29, 1.82) is 0 Å². The molecule has 1 amide bonds. The fourth-order valence-corrected chi connectivity index (χ4v) is 3.74. The Kier molecular flexibility index (Phi) is 5.32. The van der Waals surface area contributed by atoms with Crippen LogP contribution in [0, 0.1) is 12.8 Å². The van der Waals surface area contributed by atoms with Crippen LogP contribution in [0.3, 0.4) is 0 Å². The number of hydrogen-bond donors (Lipinski definition) is 2. The van der Waals surface area contributed by atoms with Gasteiger partial charge >= 0.3 is 6.18 Å². The van der Waals surface area contributed by atoms with E-state index in [2.05, 4.69) is 20.5 Å². The number of para-hydroxylation sites is 1. The highest BCUT2D eigenvalue weighted by Crippen LogP contribution is 2.40. The second-order valence-corrected chi connectivity index (χ2v) is 7.56. The Morgan fingerprint density at radius 1 is 1.30 bits per heavy atom. The van der Waals surface area contributed by atoms with E-state index in [1.807, 2.05) is 25.1 Å². The monoisotopic (exact) mass is 414 g/mol. The van der Waals surface area contributed by atoms with Crippen LogP contribution in [0.4, 0.5) is 13.2 Å². The zero-order valence-corrected chi connectivity index (χ0v) is 16.4. The van der Waals surface area contributed by atoms with Gasteiger partial charge in [0, 0.05) is 17.1 Å². The van der Waals surface area contributed by atoms with Gasteiger partial charge in [-0.25, -0.2) is 0 Å². The van der Waals surface area contributed by atoms with E-state index in [1.54, 1.807) is 18.3 Å². The summed E-state index contributed by atoms with van der Waals surface area (Å²) >= 11 is 0. The first-order valence-corrected chi connectivity index (χ1v) is 9.75. The molecule has 2 heterocycles. The zero-order valence-electron chi connectivity index (χ0n) is 16.4. The zero-order chi connectivity index (χ0) is 21.3. The molecule has 1 aliphatic carbocycles. The molecule has 0 radical (unpaired) electrons. The number of nitrogens with zero attached hydrogens (tertiary/aromatic N) is 2. The van der Waals surface area contributed by atoms with Crippen molar-refractivity contribution in [3.63, 3.8) is 0 Å². The lowest BCUT2D eigenvalue weighted by Gasteiger charge is -2.24. The molecule has 156 valence electrons. The summed E-state index contributed by atoms with van der Waals surface area (Å²) < 4.78 is 38.8. The molecule has 0 spiro atoms. The number of aromatic nitrogens is 3. The van der Waals surface area contributed by atoms with Crippen LogP contribution >= 0.6 is 0 Å². The summed E-state index contributed by atoms with van der Waals surface area (Å²) in [6.45, 7) is 2.23. The minimum Gasteiger partial charge on any atom is -0.346 e. The van der Waals surface area contributed by atoms with Crippen molar-refractivity contribution in [3.05, 3.63) is 65.1 Å². The van der Waals surface area contributed by atoms with Gasteiger partial charge in [0.05, 0.1) is 35.4 Å². The number of fused-ring (bicyclic) bond motifs is 1. The molecule has 1 aliphatic rings. The molecular formula is C22H21F3N4O. The molecule has 0 bridgehead atoms. The van der Waals surface area contributed by atoms with Crippen LogP contribution in [-0.4, -0.2) is 27.3 Å². The Morgan fingerprint density at radius 2 is 2.13 bits per heavy atom. The predicted molar refractivity (Wildman–Crippen MR) is 108 cm³/mol. The van der Waals surface area contributed by atoms with Gasteiger partial charge in [-0.15, -0.1) is 0 Å². The van der Waals surface area contributed by atoms with Crippen molar-refractivity contribution in [2.75, 3.05) is 0 Å². The highest BCUT2D eigenvalue weighted by atomic mass is 19.4. The molecule has 5 nitrogen and oxygen atoms in total. The first-order chi connectivity index (χ1) is 14.3. The molecule has 30 heavy (non-hydrogen) atoms. The molecule has 3 aromatic rings. The summed E-state index contributed by atoms with van der Waals surface area (Å²) in [5.74, 6) is -1.54. The van der Waals surface area contributed by atoms with E-state index in [4.69, 9.17) is 0 Å². The minimum absolute atomic E-state index is 0.0112. The van der Waals surface area contributed by atoms with E-state index in [9.17, 15) is 18.0 Å². The molecule has 2 N–H and O–H groups in total. The molecular weight excluding hydrogens is 393 g/mol. The summed E-state index contributed by atoms with van der Waals surface area (Å²) in [6, 6.07) is 7.31. The number of H-pyrrole nitrogens is 1. The summed E-state index contributed by atoms with van der Waals surface area (Å²) in [6.07, 6.45) is 1.14. The van der Waals surface area contributed by atoms with Crippen molar-refractivity contribution >= 4 is 22.4 Å². The molecule has 1 aromatic carbocycles. The average Bonchev–Trinajstić information content (AvgIpc) is 3.15. The third-order valence-electron chi connectivity index (χ3n) is 5.55. The Bertz CT molecular complexity index is 1120. The minimum atomic E-state index is -4.16. The molecule has 0 fully saturated rings. The third-order valence-corrected chi connectivity index (χ3v) is 5.55. The highest BCUT2D eigenvalue weighted by Gasteiger charge is 2.39. The third kappa shape index (κ3) is 4.08. The van der Waals surface area contributed by atoms with Gasteiger partial charge in [-0.1, -0.05) is 24.3 Å². The van der Waals surface area contributed by atoms with E-state index in [0.717, 1.165) is 27.8 Å². The maximum Gasteiger partial charge on any atom is 0.392 e. The van der Waals surface area contributed by atoms with Gasteiger partial charge in [0.2, 0.25) is 0 Å². The summed E-state index contributed by atoms with van der Waals surface area (Å²) in [7, 11) is 0. The summed E-state index contributed by atoms with van der Waals surface area (Å²) in [5, 5.41) is 10.4. The van der Waals surface area contributed by atoms with Crippen LogP contribution < -0.4 is 5.32 Å². The van der Waals surface area contributed by atoms with E-state index < -0.39 is 12.1 Å². The normalized spacial score (nSPS) is 17.1. The second kappa shape index (κ2) is 7.93. The Morgan fingerprint density at radius 3 is 2.80 bits per heavy atom. The van der Waals surface area contributed by atoms with Crippen molar-refractivity contribution in [1.82, 2.24) is 20.5 Å². The second-order valence-electron chi connectivity index (χ2n) is 7.56.